The molecule has 2 aromatic rings. The highest BCUT2D eigenvalue weighted by atomic mass is 127. The Hall–Kier alpha value is -1.52. The van der Waals surface area contributed by atoms with Gasteiger partial charge in [0.1, 0.15) is 4.90 Å². The van der Waals surface area contributed by atoms with Crippen LogP contribution in [0.2, 0.25) is 5.02 Å². The maximum absolute atomic E-state index is 12.4. The van der Waals surface area contributed by atoms with Crippen molar-refractivity contribution in [3.8, 4) is 11.5 Å². The van der Waals surface area contributed by atoms with Gasteiger partial charge in [0.2, 0.25) is 0 Å². The van der Waals surface area contributed by atoms with Gasteiger partial charge in [0.05, 0.1) is 16.9 Å². The van der Waals surface area contributed by atoms with Crippen molar-refractivity contribution in [3.63, 3.8) is 0 Å². The van der Waals surface area contributed by atoms with Crippen molar-refractivity contribution in [2.45, 2.75) is 4.90 Å². The zero-order valence-electron chi connectivity index (χ0n) is 11.7. The molecule has 0 aliphatic rings. The van der Waals surface area contributed by atoms with Crippen LogP contribution in [0.1, 0.15) is 5.56 Å². The number of ether oxygens (including phenoxy) is 1. The number of benzene rings is 2. The van der Waals surface area contributed by atoms with Crippen molar-refractivity contribution in [3.05, 3.63) is 50.6 Å². The molecule has 0 aliphatic heterocycles. The first-order chi connectivity index (χ1) is 10.9. The predicted molar refractivity (Wildman–Crippen MR) is 94.4 cm³/mol. The Morgan fingerprint density at radius 3 is 2.48 bits per heavy atom. The number of hydrogen-bond donors (Lipinski definition) is 1. The second-order valence-corrected chi connectivity index (χ2v) is 7.42. The van der Waals surface area contributed by atoms with Gasteiger partial charge >= 0.3 is 10.1 Å². The molecule has 0 spiro atoms. The molecule has 0 saturated carbocycles. The molecule has 0 heterocycles. The van der Waals surface area contributed by atoms with E-state index in [0.717, 1.165) is 0 Å². The molecule has 9 heteroatoms. The summed E-state index contributed by atoms with van der Waals surface area (Å²) in [6, 6.07) is 8.71. The zero-order chi connectivity index (χ0) is 17.0. The summed E-state index contributed by atoms with van der Waals surface area (Å²) in [6.45, 7) is 0. The fourth-order valence-electron chi connectivity index (χ4n) is 1.72. The fourth-order valence-corrected chi connectivity index (χ4v) is 3.69. The zero-order valence-corrected chi connectivity index (χ0v) is 15.5. The molecule has 0 radical (unpaired) electrons. The van der Waals surface area contributed by atoms with E-state index in [9.17, 15) is 8.42 Å². The average Bonchev–Trinajstić information content (AvgIpc) is 2.50. The van der Waals surface area contributed by atoms with Crippen LogP contribution in [0.25, 0.3) is 0 Å². The van der Waals surface area contributed by atoms with E-state index in [1.807, 2.05) is 22.6 Å². The first-order valence-electron chi connectivity index (χ1n) is 6.12. The molecule has 0 bridgehead atoms. The predicted octanol–water partition coefficient (Wildman–Crippen LogP) is 3.53. The van der Waals surface area contributed by atoms with E-state index in [1.54, 1.807) is 6.07 Å². The minimum Gasteiger partial charge on any atom is -0.493 e. The molecule has 0 saturated heterocycles. The highest BCUT2D eigenvalue weighted by Crippen LogP contribution is 2.35. The molecular weight excluding hydrogens is 457 g/mol. The van der Waals surface area contributed by atoms with Crippen LogP contribution < -0.4 is 8.92 Å². The maximum atomic E-state index is 12.4. The van der Waals surface area contributed by atoms with Gasteiger partial charge < -0.3 is 14.1 Å². The van der Waals surface area contributed by atoms with Crippen LogP contribution in [-0.4, -0.2) is 26.9 Å². The number of methoxy groups -OCH3 is 1. The largest absolute Gasteiger partial charge is 0.493 e. The van der Waals surface area contributed by atoms with E-state index in [4.69, 9.17) is 25.7 Å². The molecule has 0 fully saturated rings. The van der Waals surface area contributed by atoms with Gasteiger partial charge in [-0.2, -0.15) is 8.42 Å². The second-order valence-electron chi connectivity index (χ2n) is 4.27. The third-order valence-electron chi connectivity index (χ3n) is 2.75. The van der Waals surface area contributed by atoms with Crippen LogP contribution in [0, 0.1) is 3.57 Å². The second kappa shape index (κ2) is 7.37. The minimum absolute atomic E-state index is 0.0271. The maximum Gasteiger partial charge on any atom is 0.339 e. The molecule has 0 atom stereocenters. The molecule has 1 N–H and O–H groups in total. The van der Waals surface area contributed by atoms with Crippen LogP contribution in [0.5, 0.6) is 11.5 Å². The lowest BCUT2D eigenvalue weighted by Gasteiger charge is -2.13. The first kappa shape index (κ1) is 17.8. The van der Waals surface area contributed by atoms with Crippen molar-refractivity contribution in [2.24, 2.45) is 5.16 Å². The molecule has 0 aromatic heterocycles. The third-order valence-corrected chi connectivity index (χ3v) is 5.04. The standard InChI is InChI=1S/C14H11ClINO5S/c1-21-13-7-9(8-17-18)6-12(16)14(13)22-23(19,20)11-4-2-10(15)3-5-11/h2-8,18H,1H3/b17-8-. The molecule has 2 rings (SSSR count). The molecule has 6 nitrogen and oxygen atoms in total. The molecule has 122 valence electrons. The summed E-state index contributed by atoms with van der Waals surface area (Å²) < 4.78 is 35.5. The lowest BCUT2D eigenvalue weighted by molar-refractivity contribution is 0.322. The van der Waals surface area contributed by atoms with Crippen LogP contribution in [0.4, 0.5) is 0 Å². The summed E-state index contributed by atoms with van der Waals surface area (Å²) >= 11 is 7.66. The van der Waals surface area contributed by atoms with Crippen molar-refractivity contribution < 1.29 is 22.5 Å². The third kappa shape index (κ3) is 4.27. The fraction of sp³-hybridized carbons (Fsp3) is 0.0714. The Labute approximate surface area is 151 Å². The summed E-state index contributed by atoms with van der Waals surface area (Å²) in [5, 5.41) is 11.9. The number of rotatable bonds is 5. The van der Waals surface area contributed by atoms with Crippen LogP contribution in [-0.2, 0) is 10.1 Å². The molecule has 0 unspecified atom stereocenters. The first-order valence-corrected chi connectivity index (χ1v) is 8.99. The summed E-state index contributed by atoms with van der Waals surface area (Å²) in [6.07, 6.45) is 1.20. The quantitative estimate of drug-likeness (QED) is 0.239. The SMILES string of the molecule is COc1cc(/C=N\O)cc(I)c1OS(=O)(=O)c1ccc(Cl)cc1. The Morgan fingerprint density at radius 1 is 1.26 bits per heavy atom. The van der Waals surface area contributed by atoms with Crippen molar-refractivity contribution in [1.29, 1.82) is 0 Å². The van der Waals surface area contributed by atoms with Gasteiger partial charge in [-0.25, -0.2) is 0 Å². The van der Waals surface area contributed by atoms with Crippen LogP contribution in [0.3, 0.4) is 0 Å². The highest BCUT2D eigenvalue weighted by Gasteiger charge is 2.21. The Balaban J connectivity index is 2.44. The Bertz CT molecular complexity index is 837. The van der Waals surface area contributed by atoms with Gasteiger partial charge in [0.15, 0.2) is 11.5 Å². The number of halogens is 2. The van der Waals surface area contributed by atoms with E-state index >= 15 is 0 Å². The van der Waals surface area contributed by atoms with Gasteiger partial charge in [-0.15, -0.1) is 0 Å². The van der Waals surface area contributed by atoms with Crippen LogP contribution in [0.15, 0.2) is 46.4 Å². The van der Waals surface area contributed by atoms with Gasteiger partial charge in [0, 0.05) is 10.6 Å². The van der Waals surface area contributed by atoms with Gasteiger partial charge in [-0.3, -0.25) is 0 Å². The summed E-state index contributed by atoms with van der Waals surface area (Å²) in [4.78, 5) is -0.0271. The van der Waals surface area contributed by atoms with Crippen molar-refractivity contribution >= 4 is 50.5 Å². The molecule has 0 amide bonds. The Kier molecular flexibility index (Phi) is 5.71. The van der Waals surface area contributed by atoms with E-state index < -0.39 is 10.1 Å². The van der Waals surface area contributed by atoms with Gasteiger partial charge in [-0.1, -0.05) is 16.8 Å². The highest BCUT2D eigenvalue weighted by molar-refractivity contribution is 14.1. The van der Waals surface area contributed by atoms with E-state index in [2.05, 4.69) is 5.16 Å². The topological polar surface area (TPSA) is 85.2 Å². The van der Waals surface area contributed by atoms with Gasteiger partial charge in [0.25, 0.3) is 0 Å². The lowest BCUT2D eigenvalue weighted by atomic mass is 10.2. The molecule has 2 aromatic carbocycles. The monoisotopic (exact) mass is 467 g/mol. The summed E-state index contributed by atoms with van der Waals surface area (Å²) in [5.74, 6) is 0.252. The molecular formula is C14H11ClINO5S. The molecule has 0 aliphatic carbocycles. The van der Waals surface area contributed by atoms with Crippen molar-refractivity contribution in [1.82, 2.24) is 0 Å². The average molecular weight is 468 g/mol. The minimum atomic E-state index is -4.04. The number of nitrogens with zero attached hydrogens (tertiary/aromatic N) is 1. The number of hydrogen-bond acceptors (Lipinski definition) is 6. The number of oxime groups is 1. The normalized spacial score (nSPS) is 11.6. The van der Waals surface area contributed by atoms with Crippen LogP contribution >= 0.6 is 34.2 Å². The smallest absolute Gasteiger partial charge is 0.339 e. The summed E-state index contributed by atoms with van der Waals surface area (Å²) in [7, 11) is -2.65. The lowest BCUT2D eigenvalue weighted by Crippen LogP contribution is -2.11. The molecule has 23 heavy (non-hydrogen) atoms. The van der Waals surface area contributed by atoms with E-state index in [1.165, 1.54) is 43.7 Å². The van der Waals surface area contributed by atoms with E-state index in [-0.39, 0.29) is 16.4 Å². The van der Waals surface area contributed by atoms with Crippen molar-refractivity contribution in [2.75, 3.05) is 7.11 Å². The summed E-state index contributed by atoms with van der Waals surface area (Å²) in [5.41, 5.74) is 0.532. The van der Waals surface area contributed by atoms with Gasteiger partial charge in [-0.05, 0) is 59.0 Å². The van der Waals surface area contributed by atoms with E-state index in [0.29, 0.717) is 14.2 Å². The Morgan fingerprint density at radius 2 is 1.91 bits per heavy atom.